The molecule has 2 aromatic rings. The molecule has 0 aliphatic carbocycles. The first-order chi connectivity index (χ1) is 12.0. The minimum Gasteiger partial charge on any atom is -0.455 e. The smallest absolute Gasteiger partial charge is 0.324 e. The fourth-order valence-corrected chi connectivity index (χ4v) is 3.06. The molecule has 3 amide bonds. The molecule has 1 aliphatic rings. The van der Waals surface area contributed by atoms with Crippen LogP contribution in [0.5, 0.6) is 0 Å². The first-order valence-corrected chi connectivity index (χ1v) is 9.01. The Labute approximate surface area is 154 Å². The number of furan rings is 1. The second-order valence-corrected chi connectivity index (χ2v) is 7.16. The van der Waals surface area contributed by atoms with E-state index in [9.17, 15) is 9.59 Å². The molecule has 1 fully saturated rings. The second-order valence-electron chi connectivity index (χ2n) is 6.24. The lowest BCUT2D eigenvalue weighted by Gasteiger charge is -2.23. The van der Waals surface area contributed by atoms with Crippen LogP contribution in [0.15, 0.2) is 45.3 Å². The van der Waals surface area contributed by atoms with Gasteiger partial charge in [0, 0.05) is 23.1 Å². The number of rotatable bonds is 5. The fraction of sp³-hybridized carbons (Fsp3) is 0.333. The predicted octanol–water partition coefficient (Wildman–Crippen LogP) is 1.66. The van der Waals surface area contributed by atoms with Crippen LogP contribution in [0, 0.1) is 0 Å². The molecule has 25 heavy (non-hydrogen) atoms. The third kappa shape index (κ3) is 3.93. The summed E-state index contributed by atoms with van der Waals surface area (Å²) in [5.41, 5.74) is 1.00. The first-order valence-electron chi connectivity index (χ1n) is 8.22. The number of halogens is 1. The number of hydrogen-bond acceptors (Lipinski definition) is 3. The van der Waals surface area contributed by atoms with Gasteiger partial charge in [0.15, 0.2) is 11.8 Å². The lowest BCUT2D eigenvalue weighted by Crippen LogP contribution is -3.12. The Kier molecular flexibility index (Phi) is 5.24. The molecule has 0 radical (unpaired) electrons. The number of quaternary nitrogens is 1. The Morgan fingerprint density at radius 3 is 2.68 bits per heavy atom. The molecular weight excluding hydrogens is 386 g/mol. The van der Waals surface area contributed by atoms with Crippen molar-refractivity contribution in [3.63, 3.8) is 0 Å². The van der Waals surface area contributed by atoms with Crippen LogP contribution >= 0.6 is 15.9 Å². The van der Waals surface area contributed by atoms with Crippen molar-refractivity contribution in [1.82, 2.24) is 10.2 Å². The number of urea groups is 1. The fourth-order valence-electron chi connectivity index (χ4n) is 2.80. The summed E-state index contributed by atoms with van der Waals surface area (Å²) >= 11 is 3.42. The normalized spacial score (nSPS) is 16.6. The lowest BCUT2D eigenvalue weighted by atomic mass is 10.2. The van der Waals surface area contributed by atoms with E-state index in [2.05, 4.69) is 21.2 Å². The van der Waals surface area contributed by atoms with E-state index < -0.39 is 0 Å². The summed E-state index contributed by atoms with van der Waals surface area (Å²) in [7, 11) is 1.93. The van der Waals surface area contributed by atoms with Crippen LogP contribution in [0.1, 0.15) is 12.7 Å². The van der Waals surface area contributed by atoms with E-state index in [0.717, 1.165) is 26.5 Å². The molecule has 132 valence electrons. The third-order valence-electron chi connectivity index (χ3n) is 4.48. The van der Waals surface area contributed by atoms with Gasteiger partial charge in [0.25, 0.3) is 5.91 Å². The molecule has 2 atom stereocenters. The van der Waals surface area contributed by atoms with E-state index in [1.165, 1.54) is 4.90 Å². The van der Waals surface area contributed by atoms with Crippen LogP contribution in [0.3, 0.4) is 0 Å². The SMILES string of the molecule is C[C@H](C(=O)N1CCNC1=O)[NH+](C)Cc1ccc(-c2ccc(Br)cc2)o1. The highest BCUT2D eigenvalue weighted by Crippen LogP contribution is 2.23. The van der Waals surface area contributed by atoms with Gasteiger partial charge in [-0.2, -0.15) is 0 Å². The van der Waals surface area contributed by atoms with Gasteiger partial charge in [0.1, 0.15) is 12.3 Å². The molecule has 1 unspecified atom stereocenters. The van der Waals surface area contributed by atoms with E-state index in [1.54, 1.807) is 0 Å². The molecule has 1 saturated heterocycles. The number of nitrogens with zero attached hydrogens (tertiary/aromatic N) is 1. The number of hydrogen-bond donors (Lipinski definition) is 2. The van der Waals surface area contributed by atoms with Crippen LogP contribution in [-0.4, -0.2) is 43.0 Å². The molecule has 0 bridgehead atoms. The topological polar surface area (TPSA) is 67.0 Å². The maximum absolute atomic E-state index is 12.5. The Morgan fingerprint density at radius 1 is 1.32 bits per heavy atom. The van der Waals surface area contributed by atoms with E-state index in [4.69, 9.17) is 4.42 Å². The highest BCUT2D eigenvalue weighted by molar-refractivity contribution is 9.10. The van der Waals surface area contributed by atoms with Gasteiger partial charge in [-0.15, -0.1) is 0 Å². The average molecular weight is 407 g/mol. The highest BCUT2D eigenvalue weighted by atomic mass is 79.9. The van der Waals surface area contributed by atoms with Crippen molar-refractivity contribution in [2.45, 2.75) is 19.5 Å². The summed E-state index contributed by atoms with van der Waals surface area (Å²) in [6.07, 6.45) is 0. The molecule has 0 saturated carbocycles. The van der Waals surface area contributed by atoms with Gasteiger partial charge in [0.05, 0.1) is 7.05 Å². The molecule has 2 N–H and O–H groups in total. The maximum Gasteiger partial charge on any atom is 0.324 e. The van der Waals surface area contributed by atoms with E-state index in [0.29, 0.717) is 19.6 Å². The largest absolute Gasteiger partial charge is 0.455 e. The van der Waals surface area contributed by atoms with Crippen LogP contribution in [0.2, 0.25) is 0 Å². The molecule has 7 heteroatoms. The minimum atomic E-state index is -0.329. The van der Waals surface area contributed by atoms with Gasteiger partial charge >= 0.3 is 6.03 Å². The Hall–Kier alpha value is -2.12. The van der Waals surface area contributed by atoms with Gasteiger partial charge in [-0.25, -0.2) is 4.79 Å². The molecule has 2 heterocycles. The van der Waals surface area contributed by atoms with Crippen LogP contribution in [-0.2, 0) is 11.3 Å². The van der Waals surface area contributed by atoms with Crippen molar-refractivity contribution in [3.8, 4) is 11.3 Å². The van der Waals surface area contributed by atoms with Gasteiger partial charge in [-0.1, -0.05) is 28.1 Å². The number of likely N-dealkylation sites (N-methyl/N-ethyl adjacent to an activating group) is 1. The number of carbonyl (C=O) groups excluding carboxylic acids is 2. The summed E-state index contributed by atoms with van der Waals surface area (Å²) < 4.78 is 6.94. The summed E-state index contributed by atoms with van der Waals surface area (Å²) in [5.74, 6) is 1.45. The Bertz CT molecular complexity index is 772. The zero-order valence-electron chi connectivity index (χ0n) is 14.2. The minimum absolute atomic E-state index is 0.160. The van der Waals surface area contributed by atoms with E-state index in [-0.39, 0.29) is 18.0 Å². The number of nitrogens with one attached hydrogen (secondary N) is 2. The van der Waals surface area contributed by atoms with Crippen molar-refractivity contribution < 1.29 is 18.9 Å². The van der Waals surface area contributed by atoms with Crippen molar-refractivity contribution in [3.05, 3.63) is 46.6 Å². The monoisotopic (exact) mass is 406 g/mol. The standard InChI is InChI=1S/C18H20BrN3O3/c1-12(17(23)22-10-9-20-18(22)24)21(2)11-15-7-8-16(25-15)13-3-5-14(19)6-4-13/h3-8,12H,9-11H2,1-2H3,(H,20,24)/p+1/t12-/m1/s1. The molecule has 1 aromatic carbocycles. The molecule has 6 nitrogen and oxygen atoms in total. The van der Waals surface area contributed by atoms with Crippen LogP contribution in [0.25, 0.3) is 11.3 Å². The average Bonchev–Trinajstić information content (AvgIpc) is 3.23. The zero-order valence-corrected chi connectivity index (χ0v) is 15.8. The molecule has 1 aromatic heterocycles. The zero-order chi connectivity index (χ0) is 18.0. The lowest BCUT2D eigenvalue weighted by molar-refractivity contribution is -0.909. The van der Waals surface area contributed by atoms with Crippen molar-refractivity contribution >= 4 is 27.9 Å². The number of amides is 3. The van der Waals surface area contributed by atoms with E-state index in [1.807, 2.05) is 50.4 Å². The molecule has 3 rings (SSSR count). The summed E-state index contributed by atoms with van der Waals surface area (Å²) in [6.45, 7) is 3.36. The van der Waals surface area contributed by atoms with E-state index >= 15 is 0 Å². The molecular formula is C18H21BrN3O3+. The number of benzene rings is 1. The highest BCUT2D eigenvalue weighted by Gasteiger charge is 2.34. The molecule has 1 aliphatic heterocycles. The van der Waals surface area contributed by atoms with Crippen LogP contribution in [0.4, 0.5) is 4.79 Å². The van der Waals surface area contributed by atoms with Crippen molar-refractivity contribution in [2.75, 3.05) is 20.1 Å². The van der Waals surface area contributed by atoms with Gasteiger partial charge in [-0.05, 0) is 31.2 Å². The summed E-state index contributed by atoms with van der Waals surface area (Å²) in [6, 6.07) is 11.1. The first kappa shape index (κ1) is 17.7. The third-order valence-corrected chi connectivity index (χ3v) is 5.00. The van der Waals surface area contributed by atoms with Gasteiger partial charge in [0.2, 0.25) is 0 Å². The maximum atomic E-state index is 12.5. The Morgan fingerprint density at radius 2 is 2.04 bits per heavy atom. The number of imide groups is 1. The summed E-state index contributed by atoms with van der Waals surface area (Å²) in [5, 5.41) is 2.65. The quantitative estimate of drug-likeness (QED) is 0.793. The number of carbonyl (C=O) groups is 2. The second kappa shape index (κ2) is 7.41. The summed E-state index contributed by atoms with van der Waals surface area (Å²) in [4.78, 5) is 26.4. The van der Waals surface area contributed by atoms with Crippen molar-refractivity contribution in [2.24, 2.45) is 0 Å². The van der Waals surface area contributed by atoms with Crippen LogP contribution < -0.4 is 10.2 Å². The van der Waals surface area contributed by atoms with Crippen molar-refractivity contribution in [1.29, 1.82) is 0 Å². The molecule has 0 spiro atoms. The van der Waals surface area contributed by atoms with Gasteiger partial charge < -0.3 is 14.6 Å². The Balaban J connectivity index is 1.64. The predicted molar refractivity (Wildman–Crippen MR) is 97.0 cm³/mol. The van der Waals surface area contributed by atoms with Gasteiger partial charge in [-0.3, -0.25) is 9.69 Å².